The van der Waals surface area contributed by atoms with Crippen molar-refractivity contribution >= 4 is 5.71 Å². The highest BCUT2D eigenvalue weighted by atomic mass is 19.2. The molecule has 3 heteroatoms. The third kappa shape index (κ3) is 0.940. The second kappa shape index (κ2) is 2.14. The lowest BCUT2D eigenvalue weighted by molar-refractivity contribution is -0.00334. The van der Waals surface area contributed by atoms with Crippen molar-refractivity contribution in [3.63, 3.8) is 0 Å². The maximum atomic E-state index is 13.3. The lowest BCUT2D eigenvalue weighted by Crippen LogP contribution is -2.23. The highest BCUT2D eigenvalue weighted by molar-refractivity contribution is 5.98. The van der Waals surface area contributed by atoms with Crippen LogP contribution in [0.5, 0.6) is 0 Å². The summed E-state index contributed by atoms with van der Waals surface area (Å²) in [4.78, 5) is 4.04. The van der Waals surface area contributed by atoms with Gasteiger partial charge in [0, 0.05) is 11.3 Å². The van der Waals surface area contributed by atoms with Gasteiger partial charge in [0.2, 0.25) is 0 Å². The number of hydrogen-bond acceptors (Lipinski definition) is 2. The number of hydrogen-bond donors (Lipinski definition) is 1. The summed E-state index contributed by atoms with van der Waals surface area (Å²) in [5, 5.41) is 9.23. The van der Waals surface area contributed by atoms with Gasteiger partial charge in [-0.15, -0.1) is 0 Å². The van der Waals surface area contributed by atoms with Gasteiger partial charge >= 0.3 is 0 Å². The third-order valence-electron chi connectivity index (χ3n) is 1.87. The summed E-state index contributed by atoms with van der Waals surface area (Å²) in [7, 11) is 0. The first-order chi connectivity index (χ1) is 5.59. The van der Waals surface area contributed by atoms with E-state index in [1.165, 1.54) is 6.08 Å². The molecule has 0 bridgehead atoms. The molecular weight excluding hydrogens is 157 g/mol. The number of halogens is 1. The van der Waals surface area contributed by atoms with Crippen molar-refractivity contribution in [1.29, 1.82) is 0 Å². The molecule has 0 saturated heterocycles. The Morgan fingerprint density at radius 1 is 1.58 bits per heavy atom. The molecule has 1 aliphatic heterocycles. The van der Waals surface area contributed by atoms with E-state index < -0.39 is 5.85 Å². The van der Waals surface area contributed by atoms with Gasteiger partial charge in [0.05, 0.1) is 5.70 Å². The Morgan fingerprint density at radius 3 is 3.00 bits per heavy atom. The molecule has 2 aliphatic rings. The molecule has 1 aliphatic carbocycles. The van der Waals surface area contributed by atoms with Crippen molar-refractivity contribution in [2.24, 2.45) is 4.99 Å². The van der Waals surface area contributed by atoms with Crippen LogP contribution in [0.4, 0.5) is 4.39 Å². The predicted octanol–water partition coefficient (Wildman–Crippen LogP) is 1.50. The van der Waals surface area contributed by atoms with Gasteiger partial charge in [-0.25, -0.2) is 4.39 Å². The molecule has 0 saturated carbocycles. The molecule has 1 unspecified atom stereocenters. The molecule has 1 N–H and O–H groups in total. The van der Waals surface area contributed by atoms with Crippen LogP contribution in [0.15, 0.2) is 40.6 Å². The minimum absolute atomic E-state index is 0.238. The Kier molecular flexibility index (Phi) is 1.32. The Labute approximate surface area is 69.4 Å². The zero-order chi connectivity index (χ0) is 8.77. The summed E-state index contributed by atoms with van der Waals surface area (Å²) in [5.74, 6) is -2.34. The molecule has 0 spiro atoms. The molecule has 1 heterocycles. The van der Waals surface area contributed by atoms with E-state index in [-0.39, 0.29) is 5.57 Å². The quantitative estimate of drug-likeness (QED) is 0.579. The van der Waals surface area contributed by atoms with E-state index in [1.54, 1.807) is 19.1 Å². The molecule has 2 nitrogen and oxygen atoms in total. The molecular formula is C9H8FNO. The number of aliphatic hydroxyl groups is 1. The van der Waals surface area contributed by atoms with Gasteiger partial charge < -0.3 is 5.11 Å². The van der Waals surface area contributed by atoms with Gasteiger partial charge in [-0.1, -0.05) is 6.08 Å². The van der Waals surface area contributed by atoms with Crippen LogP contribution in [0.1, 0.15) is 6.92 Å². The van der Waals surface area contributed by atoms with E-state index in [2.05, 4.69) is 4.99 Å². The lowest BCUT2D eigenvalue weighted by Gasteiger charge is -2.18. The normalized spacial score (nSPS) is 32.4. The van der Waals surface area contributed by atoms with Crippen molar-refractivity contribution in [3.8, 4) is 0 Å². The maximum Gasteiger partial charge on any atom is 0.254 e. The van der Waals surface area contributed by atoms with E-state index in [0.717, 1.165) is 11.8 Å². The molecule has 0 aromatic carbocycles. The molecule has 0 aromatic heterocycles. The minimum Gasteiger partial charge on any atom is -0.355 e. The van der Waals surface area contributed by atoms with Crippen LogP contribution in [-0.2, 0) is 0 Å². The van der Waals surface area contributed by atoms with Gasteiger partial charge in [-0.05, 0) is 25.2 Å². The highest BCUT2D eigenvalue weighted by Gasteiger charge is 2.34. The third-order valence-corrected chi connectivity index (χ3v) is 1.87. The Bertz CT molecular complexity index is 348. The SMILES string of the molecule is CC1=NC2=CC=CC(O)(F)C2=C1. The molecule has 62 valence electrons. The first-order valence-electron chi connectivity index (χ1n) is 3.68. The van der Waals surface area contributed by atoms with Gasteiger partial charge in [-0.3, -0.25) is 4.99 Å². The Hall–Kier alpha value is -1.22. The van der Waals surface area contributed by atoms with Crippen LogP contribution in [0.2, 0.25) is 0 Å². The van der Waals surface area contributed by atoms with Gasteiger partial charge in [-0.2, -0.15) is 0 Å². The van der Waals surface area contributed by atoms with Crippen molar-refractivity contribution in [2.75, 3.05) is 0 Å². The van der Waals surface area contributed by atoms with Crippen molar-refractivity contribution in [2.45, 2.75) is 12.8 Å². The molecule has 0 aromatic rings. The number of allylic oxidation sites excluding steroid dienone is 3. The summed E-state index contributed by atoms with van der Waals surface area (Å²) in [6, 6.07) is 0. The molecule has 0 radical (unpaired) electrons. The van der Waals surface area contributed by atoms with Crippen LogP contribution in [0.3, 0.4) is 0 Å². The van der Waals surface area contributed by atoms with E-state index in [9.17, 15) is 9.50 Å². The zero-order valence-electron chi connectivity index (χ0n) is 6.58. The lowest BCUT2D eigenvalue weighted by atomic mass is 10.00. The van der Waals surface area contributed by atoms with E-state index >= 15 is 0 Å². The minimum atomic E-state index is -2.34. The van der Waals surface area contributed by atoms with Crippen LogP contribution in [0.25, 0.3) is 0 Å². The standard InChI is InChI=1S/C9H8FNO/c1-6-5-7-8(11-6)3-2-4-9(7,10)12/h2-5,12H,1H3. The first kappa shape index (κ1) is 7.43. The molecule has 2 rings (SSSR count). The fourth-order valence-corrected chi connectivity index (χ4v) is 1.33. The second-order valence-electron chi connectivity index (χ2n) is 2.90. The summed E-state index contributed by atoms with van der Waals surface area (Å²) in [6.45, 7) is 1.77. The Balaban J connectivity index is 2.51. The number of aliphatic imine (C=N–C) groups is 1. The zero-order valence-corrected chi connectivity index (χ0v) is 6.58. The number of fused-ring (bicyclic) bond motifs is 1. The summed E-state index contributed by atoms with van der Waals surface area (Å²) in [6.07, 6.45) is 5.80. The second-order valence-corrected chi connectivity index (χ2v) is 2.90. The van der Waals surface area contributed by atoms with Gasteiger partial charge in [0.1, 0.15) is 0 Å². The number of nitrogens with zero attached hydrogens (tertiary/aromatic N) is 1. The topological polar surface area (TPSA) is 32.6 Å². The van der Waals surface area contributed by atoms with Crippen LogP contribution in [0, 0.1) is 0 Å². The average Bonchev–Trinajstić information content (AvgIpc) is 2.30. The van der Waals surface area contributed by atoms with E-state index in [4.69, 9.17) is 0 Å². The monoisotopic (exact) mass is 165 g/mol. The first-order valence-corrected chi connectivity index (χ1v) is 3.68. The van der Waals surface area contributed by atoms with Crippen LogP contribution < -0.4 is 0 Å². The summed E-state index contributed by atoms with van der Waals surface area (Å²) < 4.78 is 13.3. The molecule has 12 heavy (non-hydrogen) atoms. The maximum absolute atomic E-state index is 13.3. The van der Waals surface area contributed by atoms with E-state index in [1.807, 2.05) is 0 Å². The van der Waals surface area contributed by atoms with Crippen LogP contribution >= 0.6 is 0 Å². The fourth-order valence-electron chi connectivity index (χ4n) is 1.33. The van der Waals surface area contributed by atoms with Crippen LogP contribution in [-0.4, -0.2) is 16.7 Å². The number of rotatable bonds is 0. The molecule has 0 amide bonds. The van der Waals surface area contributed by atoms with Crippen molar-refractivity contribution in [1.82, 2.24) is 0 Å². The Morgan fingerprint density at radius 2 is 2.33 bits per heavy atom. The van der Waals surface area contributed by atoms with Gasteiger partial charge in [0.15, 0.2) is 0 Å². The highest BCUT2D eigenvalue weighted by Crippen LogP contribution is 2.34. The summed E-state index contributed by atoms with van der Waals surface area (Å²) in [5.41, 5.74) is 1.47. The van der Waals surface area contributed by atoms with Crippen molar-refractivity contribution in [3.05, 3.63) is 35.6 Å². The molecule has 1 atom stereocenters. The average molecular weight is 165 g/mol. The predicted molar refractivity (Wildman–Crippen MR) is 44.5 cm³/mol. The largest absolute Gasteiger partial charge is 0.355 e. The van der Waals surface area contributed by atoms with Crippen molar-refractivity contribution < 1.29 is 9.50 Å². The van der Waals surface area contributed by atoms with Gasteiger partial charge in [0.25, 0.3) is 5.85 Å². The fraction of sp³-hybridized carbons (Fsp3) is 0.222. The van der Waals surface area contributed by atoms with E-state index in [0.29, 0.717) is 5.70 Å². The number of alkyl halides is 1. The summed E-state index contributed by atoms with van der Waals surface area (Å²) >= 11 is 0. The molecule has 0 fully saturated rings. The smallest absolute Gasteiger partial charge is 0.254 e.